The van der Waals surface area contributed by atoms with Crippen molar-refractivity contribution in [2.24, 2.45) is 5.73 Å². The van der Waals surface area contributed by atoms with Gasteiger partial charge in [-0.25, -0.2) is 0 Å². The smallest absolute Gasteiger partial charge is 0.248 e. The minimum Gasteiger partial charge on any atom is -0.366 e. The lowest BCUT2D eigenvalue weighted by atomic mass is 9.93. The van der Waals surface area contributed by atoms with Crippen LogP contribution >= 0.6 is 0 Å². The Bertz CT molecular complexity index is 522. The van der Waals surface area contributed by atoms with Gasteiger partial charge in [0.2, 0.25) is 11.8 Å². The van der Waals surface area contributed by atoms with Gasteiger partial charge in [0.25, 0.3) is 0 Å². The Morgan fingerprint density at radius 1 is 1.43 bits per heavy atom. The van der Waals surface area contributed by atoms with E-state index in [-0.39, 0.29) is 5.91 Å². The highest BCUT2D eigenvalue weighted by Gasteiger charge is 2.38. The van der Waals surface area contributed by atoms with Gasteiger partial charge in [-0.2, -0.15) is 0 Å². The number of hydrogen-bond acceptors (Lipinski definition) is 3. The molecule has 4 N–H and O–H groups in total. The van der Waals surface area contributed by atoms with Gasteiger partial charge in [-0.1, -0.05) is 19.1 Å². The molecule has 0 saturated carbocycles. The SMILES string of the molecule is CCC1(C(=O)NCCc2cccc(C(N)=O)c2)CCCN1. The average molecular weight is 289 g/mol. The van der Waals surface area contributed by atoms with Crippen LogP contribution in [0.2, 0.25) is 0 Å². The van der Waals surface area contributed by atoms with Crippen molar-refractivity contribution in [3.8, 4) is 0 Å². The van der Waals surface area contributed by atoms with Crippen LogP contribution in [-0.4, -0.2) is 30.4 Å². The van der Waals surface area contributed by atoms with Crippen LogP contribution in [0.4, 0.5) is 0 Å². The summed E-state index contributed by atoms with van der Waals surface area (Å²) in [6.45, 7) is 3.50. The fourth-order valence-corrected chi connectivity index (χ4v) is 2.83. The molecule has 2 rings (SSSR count). The Balaban J connectivity index is 1.88. The fourth-order valence-electron chi connectivity index (χ4n) is 2.83. The van der Waals surface area contributed by atoms with Crippen LogP contribution in [0.3, 0.4) is 0 Å². The first-order valence-electron chi connectivity index (χ1n) is 7.49. The van der Waals surface area contributed by atoms with E-state index in [0.29, 0.717) is 18.5 Å². The number of nitrogens with one attached hydrogen (secondary N) is 2. The number of hydrogen-bond donors (Lipinski definition) is 3. The van der Waals surface area contributed by atoms with Gasteiger partial charge in [-0.05, 0) is 49.9 Å². The summed E-state index contributed by atoms with van der Waals surface area (Å²) < 4.78 is 0. The maximum absolute atomic E-state index is 12.3. The highest BCUT2D eigenvalue weighted by atomic mass is 16.2. The first-order valence-corrected chi connectivity index (χ1v) is 7.49. The van der Waals surface area contributed by atoms with E-state index in [1.165, 1.54) is 0 Å². The molecule has 1 heterocycles. The Morgan fingerprint density at radius 2 is 2.24 bits per heavy atom. The molecule has 1 aromatic carbocycles. The minimum absolute atomic E-state index is 0.0774. The predicted molar refractivity (Wildman–Crippen MR) is 81.9 cm³/mol. The van der Waals surface area contributed by atoms with E-state index in [9.17, 15) is 9.59 Å². The number of amides is 2. The van der Waals surface area contributed by atoms with Crippen LogP contribution in [0.1, 0.15) is 42.1 Å². The molecule has 5 nitrogen and oxygen atoms in total. The summed E-state index contributed by atoms with van der Waals surface area (Å²) in [6.07, 6.45) is 3.43. The van der Waals surface area contributed by atoms with Crippen LogP contribution in [0.15, 0.2) is 24.3 Å². The molecule has 2 amide bonds. The highest BCUT2D eigenvalue weighted by Crippen LogP contribution is 2.22. The molecule has 0 bridgehead atoms. The fraction of sp³-hybridized carbons (Fsp3) is 0.500. The van der Waals surface area contributed by atoms with Crippen molar-refractivity contribution in [2.75, 3.05) is 13.1 Å². The molecular weight excluding hydrogens is 266 g/mol. The van der Waals surface area contributed by atoms with Gasteiger partial charge in [0, 0.05) is 12.1 Å². The molecule has 21 heavy (non-hydrogen) atoms. The molecule has 1 unspecified atom stereocenters. The number of nitrogens with two attached hydrogens (primary N) is 1. The van der Waals surface area contributed by atoms with Crippen LogP contribution in [0.5, 0.6) is 0 Å². The predicted octanol–water partition coefficient (Wildman–Crippen LogP) is 0.976. The molecule has 114 valence electrons. The lowest BCUT2D eigenvalue weighted by molar-refractivity contribution is -0.127. The van der Waals surface area contributed by atoms with Crippen LogP contribution in [0.25, 0.3) is 0 Å². The van der Waals surface area contributed by atoms with Crippen molar-refractivity contribution in [3.05, 3.63) is 35.4 Å². The quantitative estimate of drug-likeness (QED) is 0.730. The third-order valence-corrected chi connectivity index (χ3v) is 4.19. The Kier molecular flexibility index (Phi) is 4.96. The van der Waals surface area contributed by atoms with Crippen LogP contribution < -0.4 is 16.4 Å². The second kappa shape index (κ2) is 6.72. The Labute approximate surface area is 125 Å². The zero-order chi connectivity index (χ0) is 15.3. The van der Waals surface area contributed by atoms with E-state index in [0.717, 1.165) is 31.4 Å². The summed E-state index contributed by atoms with van der Waals surface area (Å²) in [5.41, 5.74) is 6.36. The molecule has 1 fully saturated rings. The summed E-state index contributed by atoms with van der Waals surface area (Å²) in [5, 5.41) is 6.31. The molecule has 1 atom stereocenters. The topological polar surface area (TPSA) is 84.2 Å². The number of carbonyl (C=O) groups excluding carboxylic acids is 2. The van der Waals surface area contributed by atoms with Crippen LogP contribution in [0, 0.1) is 0 Å². The van der Waals surface area contributed by atoms with Gasteiger partial charge in [-0.3, -0.25) is 9.59 Å². The highest BCUT2D eigenvalue weighted by molar-refractivity contribution is 5.92. The third-order valence-electron chi connectivity index (χ3n) is 4.19. The van der Waals surface area contributed by atoms with E-state index in [2.05, 4.69) is 10.6 Å². The third kappa shape index (κ3) is 3.61. The van der Waals surface area contributed by atoms with Gasteiger partial charge in [0.15, 0.2) is 0 Å². The summed E-state index contributed by atoms with van der Waals surface area (Å²) in [6, 6.07) is 7.21. The largest absolute Gasteiger partial charge is 0.366 e. The summed E-state index contributed by atoms with van der Waals surface area (Å²) in [7, 11) is 0. The lowest BCUT2D eigenvalue weighted by Crippen LogP contribution is -2.53. The van der Waals surface area contributed by atoms with Gasteiger partial charge >= 0.3 is 0 Å². The number of rotatable bonds is 6. The number of benzene rings is 1. The molecule has 1 aliphatic rings. The monoisotopic (exact) mass is 289 g/mol. The molecule has 0 aliphatic carbocycles. The maximum atomic E-state index is 12.3. The van der Waals surface area contributed by atoms with Crippen molar-refractivity contribution in [1.29, 1.82) is 0 Å². The average Bonchev–Trinajstić information content (AvgIpc) is 2.97. The van der Waals surface area contributed by atoms with E-state index < -0.39 is 11.4 Å². The first kappa shape index (κ1) is 15.5. The second-order valence-electron chi connectivity index (χ2n) is 5.54. The van der Waals surface area contributed by atoms with E-state index in [1.807, 2.05) is 19.1 Å². The van der Waals surface area contributed by atoms with Gasteiger partial charge in [0.1, 0.15) is 0 Å². The van der Waals surface area contributed by atoms with E-state index in [4.69, 9.17) is 5.73 Å². The van der Waals surface area contributed by atoms with Crippen molar-refractivity contribution in [1.82, 2.24) is 10.6 Å². The van der Waals surface area contributed by atoms with Gasteiger partial charge in [-0.15, -0.1) is 0 Å². The Morgan fingerprint density at radius 3 is 2.86 bits per heavy atom. The van der Waals surface area contributed by atoms with E-state index in [1.54, 1.807) is 12.1 Å². The van der Waals surface area contributed by atoms with Gasteiger partial charge < -0.3 is 16.4 Å². The van der Waals surface area contributed by atoms with E-state index >= 15 is 0 Å². The standard InChI is InChI=1S/C16H23N3O2/c1-2-16(8-4-9-19-16)15(21)18-10-7-12-5-3-6-13(11-12)14(17)20/h3,5-6,11,19H,2,4,7-10H2,1H3,(H2,17,20)(H,18,21). The number of carbonyl (C=O) groups is 2. The summed E-state index contributed by atoms with van der Waals surface area (Å²) in [5.74, 6) is -0.352. The molecule has 1 aliphatic heterocycles. The van der Waals surface area contributed by atoms with Crippen molar-refractivity contribution >= 4 is 11.8 Å². The molecule has 5 heteroatoms. The second-order valence-corrected chi connectivity index (χ2v) is 5.54. The first-order chi connectivity index (χ1) is 10.1. The molecule has 0 aromatic heterocycles. The minimum atomic E-state index is -0.430. The Hall–Kier alpha value is -1.88. The van der Waals surface area contributed by atoms with Crippen molar-refractivity contribution in [2.45, 2.75) is 38.1 Å². The van der Waals surface area contributed by atoms with Crippen molar-refractivity contribution in [3.63, 3.8) is 0 Å². The summed E-state index contributed by atoms with van der Waals surface area (Å²) in [4.78, 5) is 23.5. The molecule has 0 radical (unpaired) electrons. The number of primary amides is 1. The van der Waals surface area contributed by atoms with Crippen LogP contribution in [-0.2, 0) is 11.2 Å². The summed E-state index contributed by atoms with van der Waals surface area (Å²) >= 11 is 0. The normalized spacial score (nSPS) is 21.2. The van der Waals surface area contributed by atoms with Crippen molar-refractivity contribution < 1.29 is 9.59 Å². The van der Waals surface area contributed by atoms with Gasteiger partial charge in [0.05, 0.1) is 5.54 Å². The molecular formula is C16H23N3O2. The molecule has 0 spiro atoms. The maximum Gasteiger partial charge on any atom is 0.248 e. The zero-order valence-electron chi connectivity index (χ0n) is 12.4. The zero-order valence-corrected chi connectivity index (χ0v) is 12.4. The molecule has 1 saturated heterocycles. The molecule has 1 aromatic rings. The lowest BCUT2D eigenvalue weighted by Gasteiger charge is -2.26.